The van der Waals surface area contributed by atoms with Gasteiger partial charge < -0.3 is 10.1 Å². The van der Waals surface area contributed by atoms with Crippen LogP contribution in [0.2, 0.25) is 5.02 Å². The van der Waals surface area contributed by atoms with Crippen LogP contribution in [0, 0.1) is 5.82 Å². The van der Waals surface area contributed by atoms with Crippen molar-refractivity contribution in [3.05, 3.63) is 70.5 Å². The zero-order chi connectivity index (χ0) is 16.8. The Balaban J connectivity index is 2.17. The number of carbonyl (C=O) groups excluding carboxylic acids is 2. The van der Waals surface area contributed by atoms with E-state index in [1.165, 1.54) is 25.3 Å². The van der Waals surface area contributed by atoms with Crippen molar-refractivity contribution in [1.82, 2.24) is 5.32 Å². The van der Waals surface area contributed by atoms with Gasteiger partial charge in [-0.05, 0) is 29.8 Å². The van der Waals surface area contributed by atoms with Crippen LogP contribution < -0.4 is 5.32 Å². The molecule has 0 fully saturated rings. The fourth-order valence-corrected chi connectivity index (χ4v) is 2.34. The van der Waals surface area contributed by atoms with Gasteiger partial charge in [-0.3, -0.25) is 4.79 Å². The number of amides is 1. The number of esters is 1. The van der Waals surface area contributed by atoms with E-state index >= 15 is 0 Å². The first kappa shape index (κ1) is 17.0. The maximum atomic E-state index is 13.3. The maximum Gasteiger partial charge on any atom is 0.328 e. The molecule has 0 aliphatic heterocycles. The topological polar surface area (TPSA) is 55.4 Å². The van der Waals surface area contributed by atoms with E-state index in [1.807, 2.05) is 0 Å². The molecule has 0 bridgehead atoms. The minimum Gasteiger partial charge on any atom is -0.467 e. The summed E-state index contributed by atoms with van der Waals surface area (Å²) in [5, 5.41) is 2.85. The smallest absolute Gasteiger partial charge is 0.328 e. The van der Waals surface area contributed by atoms with Crippen molar-refractivity contribution in [3.63, 3.8) is 0 Å². The third-order valence-electron chi connectivity index (χ3n) is 3.24. The lowest BCUT2D eigenvalue weighted by Gasteiger charge is -2.17. The standard InChI is InChI=1S/C17H15ClFNO3/c1-23-17(22)15(10-11-5-4-6-12(19)9-11)20-16(21)13-7-2-3-8-14(13)18/h2-9,15H,10H2,1H3,(H,20,21)/t15-/m1/s1. The van der Waals surface area contributed by atoms with Gasteiger partial charge in [-0.2, -0.15) is 0 Å². The monoisotopic (exact) mass is 335 g/mol. The van der Waals surface area contributed by atoms with E-state index in [1.54, 1.807) is 30.3 Å². The molecule has 23 heavy (non-hydrogen) atoms. The van der Waals surface area contributed by atoms with Gasteiger partial charge in [0.25, 0.3) is 5.91 Å². The summed E-state index contributed by atoms with van der Waals surface area (Å²) in [6, 6.07) is 11.4. The molecule has 0 aliphatic rings. The van der Waals surface area contributed by atoms with E-state index in [0.717, 1.165) is 0 Å². The SMILES string of the molecule is COC(=O)[C@@H](Cc1cccc(F)c1)NC(=O)c1ccccc1Cl. The number of methoxy groups -OCH3 is 1. The van der Waals surface area contributed by atoms with Crippen molar-refractivity contribution in [2.24, 2.45) is 0 Å². The molecule has 0 unspecified atom stereocenters. The van der Waals surface area contributed by atoms with Gasteiger partial charge in [0.2, 0.25) is 0 Å². The van der Waals surface area contributed by atoms with Crippen molar-refractivity contribution < 1.29 is 18.7 Å². The van der Waals surface area contributed by atoms with Crippen LogP contribution in [0.5, 0.6) is 0 Å². The number of hydrogen-bond donors (Lipinski definition) is 1. The highest BCUT2D eigenvalue weighted by Gasteiger charge is 2.23. The first-order valence-corrected chi connectivity index (χ1v) is 7.26. The lowest BCUT2D eigenvalue weighted by atomic mass is 10.1. The molecule has 0 aliphatic carbocycles. The van der Waals surface area contributed by atoms with Crippen molar-refractivity contribution >= 4 is 23.5 Å². The lowest BCUT2D eigenvalue weighted by Crippen LogP contribution is -2.43. The average molecular weight is 336 g/mol. The number of nitrogens with one attached hydrogen (secondary N) is 1. The van der Waals surface area contributed by atoms with Crippen LogP contribution in [0.3, 0.4) is 0 Å². The Morgan fingerprint density at radius 3 is 2.61 bits per heavy atom. The second-order valence-electron chi connectivity index (χ2n) is 4.86. The van der Waals surface area contributed by atoms with E-state index < -0.39 is 23.7 Å². The third-order valence-corrected chi connectivity index (χ3v) is 3.57. The average Bonchev–Trinajstić information content (AvgIpc) is 2.54. The number of benzene rings is 2. The van der Waals surface area contributed by atoms with Crippen LogP contribution in [0.25, 0.3) is 0 Å². The number of halogens is 2. The fourth-order valence-electron chi connectivity index (χ4n) is 2.12. The Labute approximate surface area is 138 Å². The number of carbonyl (C=O) groups is 2. The minimum absolute atomic E-state index is 0.112. The molecular weight excluding hydrogens is 321 g/mol. The Morgan fingerprint density at radius 1 is 1.22 bits per heavy atom. The summed E-state index contributed by atoms with van der Waals surface area (Å²) >= 11 is 5.97. The van der Waals surface area contributed by atoms with Crippen molar-refractivity contribution in [3.8, 4) is 0 Å². The molecule has 0 spiro atoms. The molecule has 1 atom stereocenters. The summed E-state index contributed by atoms with van der Waals surface area (Å²) in [7, 11) is 1.22. The minimum atomic E-state index is -0.939. The predicted octanol–water partition coefficient (Wildman–Crippen LogP) is 2.99. The Kier molecular flexibility index (Phi) is 5.71. The molecule has 0 saturated carbocycles. The van der Waals surface area contributed by atoms with Gasteiger partial charge >= 0.3 is 5.97 Å². The molecule has 2 aromatic carbocycles. The van der Waals surface area contributed by atoms with E-state index in [2.05, 4.69) is 5.32 Å². The molecule has 0 heterocycles. The van der Waals surface area contributed by atoms with E-state index in [9.17, 15) is 14.0 Å². The normalized spacial score (nSPS) is 11.6. The van der Waals surface area contributed by atoms with Crippen LogP contribution in [0.4, 0.5) is 4.39 Å². The van der Waals surface area contributed by atoms with E-state index in [-0.39, 0.29) is 17.0 Å². The highest BCUT2D eigenvalue weighted by molar-refractivity contribution is 6.33. The van der Waals surface area contributed by atoms with Crippen molar-refractivity contribution in [2.45, 2.75) is 12.5 Å². The van der Waals surface area contributed by atoms with Gasteiger partial charge in [0.15, 0.2) is 0 Å². The molecule has 0 saturated heterocycles. The van der Waals surface area contributed by atoms with Gasteiger partial charge in [-0.15, -0.1) is 0 Å². The van der Waals surface area contributed by atoms with Crippen LogP contribution in [0.15, 0.2) is 48.5 Å². The molecule has 1 amide bonds. The summed E-state index contributed by atoms with van der Waals surface area (Å²) in [6.07, 6.45) is 0.112. The highest BCUT2D eigenvalue weighted by Crippen LogP contribution is 2.15. The molecule has 120 valence electrons. The molecule has 2 rings (SSSR count). The maximum absolute atomic E-state index is 13.3. The van der Waals surface area contributed by atoms with Gasteiger partial charge in [0, 0.05) is 6.42 Å². The number of hydrogen-bond acceptors (Lipinski definition) is 3. The lowest BCUT2D eigenvalue weighted by molar-refractivity contribution is -0.142. The molecule has 2 aromatic rings. The first-order chi connectivity index (χ1) is 11.0. The third kappa shape index (κ3) is 4.53. The van der Waals surface area contributed by atoms with Crippen LogP contribution in [0.1, 0.15) is 15.9 Å². The van der Waals surface area contributed by atoms with Gasteiger partial charge in [0.1, 0.15) is 11.9 Å². The predicted molar refractivity (Wildman–Crippen MR) is 84.8 cm³/mol. The van der Waals surface area contributed by atoms with Gasteiger partial charge in [-0.25, -0.2) is 9.18 Å². The Morgan fingerprint density at radius 2 is 1.96 bits per heavy atom. The van der Waals surface area contributed by atoms with E-state index in [0.29, 0.717) is 5.56 Å². The zero-order valence-corrected chi connectivity index (χ0v) is 13.1. The summed E-state index contributed by atoms with van der Waals surface area (Å²) in [5.74, 6) is -1.53. The molecular formula is C17H15ClFNO3. The zero-order valence-electron chi connectivity index (χ0n) is 12.4. The second kappa shape index (κ2) is 7.74. The van der Waals surface area contributed by atoms with Crippen LogP contribution in [-0.4, -0.2) is 25.0 Å². The van der Waals surface area contributed by atoms with Crippen LogP contribution >= 0.6 is 11.6 Å². The van der Waals surface area contributed by atoms with Gasteiger partial charge in [-0.1, -0.05) is 35.9 Å². The van der Waals surface area contributed by atoms with Crippen molar-refractivity contribution in [2.75, 3.05) is 7.11 Å². The number of rotatable bonds is 5. The molecule has 6 heteroatoms. The molecule has 0 radical (unpaired) electrons. The van der Waals surface area contributed by atoms with E-state index in [4.69, 9.17) is 16.3 Å². The van der Waals surface area contributed by atoms with Crippen LogP contribution in [-0.2, 0) is 16.0 Å². The molecule has 0 aromatic heterocycles. The van der Waals surface area contributed by atoms with Gasteiger partial charge in [0.05, 0.1) is 17.7 Å². The summed E-state index contributed by atoms with van der Waals surface area (Å²) in [6.45, 7) is 0. The Bertz CT molecular complexity index is 720. The summed E-state index contributed by atoms with van der Waals surface area (Å²) in [5.41, 5.74) is 0.821. The quantitative estimate of drug-likeness (QED) is 0.855. The molecule has 1 N–H and O–H groups in total. The summed E-state index contributed by atoms with van der Waals surface area (Å²) in [4.78, 5) is 24.2. The molecule has 4 nitrogen and oxygen atoms in total. The highest BCUT2D eigenvalue weighted by atomic mass is 35.5. The largest absolute Gasteiger partial charge is 0.467 e. The number of ether oxygens (including phenoxy) is 1. The Hall–Kier alpha value is -2.40. The fraction of sp³-hybridized carbons (Fsp3) is 0.176. The second-order valence-corrected chi connectivity index (χ2v) is 5.27. The first-order valence-electron chi connectivity index (χ1n) is 6.89. The summed E-state index contributed by atoms with van der Waals surface area (Å²) < 4.78 is 18.0. The van der Waals surface area contributed by atoms with Crippen molar-refractivity contribution in [1.29, 1.82) is 0 Å².